The number of aryl methyl sites for hydroxylation is 1. The summed E-state index contributed by atoms with van der Waals surface area (Å²) < 4.78 is 0. The SMILES string of the molecule is CC[C@@H](CNC(=O)c1[nH]c(C)c(C(C)=O)c1C)c1ccccc1. The highest BCUT2D eigenvalue weighted by Gasteiger charge is 2.20. The van der Waals surface area contributed by atoms with Gasteiger partial charge in [-0.15, -0.1) is 0 Å². The Balaban J connectivity index is 2.11. The average molecular weight is 312 g/mol. The summed E-state index contributed by atoms with van der Waals surface area (Å²) in [4.78, 5) is 27.2. The Hall–Kier alpha value is -2.36. The molecular weight excluding hydrogens is 288 g/mol. The van der Waals surface area contributed by atoms with Gasteiger partial charge in [0.25, 0.3) is 5.91 Å². The van der Waals surface area contributed by atoms with Crippen molar-refractivity contribution in [1.82, 2.24) is 10.3 Å². The van der Waals surface area contributed by atoms with E-state index in [0.29, 0.717) is 17.8 Å². The maximum atomic E-state index is 12.5. The predicted molar refractivity (Wildman–Crippen MR) is 92.1 cm³/mol. The molecule has 2 N–H and O–H groups in total. The van der Waals surface area contributed by atoms with Crippen molar-refractivity contribution in [2.45, 2.75) is 40.0 Å². The van der Waals surface area contributed by atoms with Gasteiger partial charge in [-0.25, -0.2) is 0 Å². The van der Waals surface area contributed by atoms with E-state index in [1.54, 1.807) is 0 Å². The molecule has 2 aromatic rings. The first kappa shape index (κ1) is 17.0. The minimum atomic E-state index is -0.160. The minimum absolute atomic E-state index is 0.0222. The number of aromatic nitrogens is 1. The van der Waals surface area contributed by atoms with Crippen molar-refractivity contribution in [2.24, 2.45) is 0 Å². The van der Waals surface area contributed by atoms with Crippen molar-refractivity contribution in [3.8, 4) is 0 Å². The first-order valence-corrected chi connectivity index (χ1v) is 7.98. The number of hydrogen-bond acceptors (Lipinski definition) is 2. The summed E-state index contributed by atoms with van der Waals surface area (Å²) >= 11 is 0. The first-order valence-electron chi connectivity index (χ1n) is 7.98. The molecule has 1 aromatic carbocycles. The highest BCUT2D eigenvalue weighted by Crippen LogP contribution is 2.20. The van der Waals surface area contributed by atoms with Gasteiger partial charge in [-0.3, -0.25) is 9.59 Å². The van der Waals surface area contributed by atoms with Crippen LogP contribution in [0.2, 0.25) is 0 Å². The lowest BCUT2D eigenvalue weighted by atomic mass is 9.96. The van der Waals surface area contributed by atoms with E-state index in [-0.39, 0.29) is 17.6 Å². The van der Waals surface area contributed by atoms with Gasteiger partial charge >= 0.3 is 0 Å². The molecule has 0 saturated heterocycles. The highest BCUT2D eigenvalue weighted by atomic mass is 16.2. The summed E-state index contributed by atoms with van der Waals surface area (Å²) in [7, 11) is 0. The smallest absolute Gasteiger partial charge is 0.268 e. The summed E-state index contributed by atoms with van der Waals surface area (Å²) in [5.74, 6) is 0.0993. The molecule has 1 aromatic heterocycles. The minimum Gasteiger partial charge on any atom is -0.354 e. The van der Waals surface area contributed by atoms with Crippen molar-refractivity contribution in [1.29, 1.82) is 0 Å². The van der Waals surface area contributed by atoms with Crippen LogP contribution in [0.4, 0.5) is 0 Å². The molecule has 0 unspecified atom stereocenters. The van der Waals surface area contributed by atoms with E-state index in [4.69, 9.17) is 0 Å². The number of amides is 1. The molecule has 1 heterocycles. The van der Waals surface area contributed by atoms with Crippen LogP contribution in [0, 0.1) is 13.8 Å². The number of ketones is 1. The lowest BCUT2D eigenvalue weighted by molar-refractivity contribution is 0.0945. The number of Topliss-reactive ketones (excluding diaryl/α,β-unsaturated/α-hetero) is 1. The fraction of sp³-hybridized carbons (Fsp3) is 0.368. The number of aromatic amines is 1. The van der Waals surface area contributed by atoms with Crippen LogP contribution in [-0.4, -0.2) is 23.2 Å². The summed E-state index contributed by atoms with van der Waals surface area (Å²) in [6, 6.07) is 10.2. The third-order valence-corrected chi connectivity index (χ3v) is 4.29. The van der Waals surface area contributed by atoms with Gasteiger partial charge < -0.3 is 10.3 Å². The molecule has 23 heavy (non-hydrogen) atoms. The van der Waals surface area contributed by atoms with Crippen LogP contribution >= 0.6 is 0 Å². The summed E-state index contributed by atoms with van der Waals surface area (Å²) in [6.07, 6.45) is 0.950. The molecule has 0 radical (unpaired) electrons. The molecule has 2 rings (SSSR count). The molecule has 0 aliphatic rings. The molecule has 0 spiro atoms. The van der Waals surface area contributed by atoms with Crippen LogP contribution in [0.5, 0.6) is 0 Å². The third-order valence-electron chi connectivity index (χ3n) is 4.29. The van der Waals surface area contributed by atoms with Gasteiger partial charge in [0, 0.05) is 23.7 Å². The van der Waals surface area contributed by atoms with Crippen molar-refractivity contribution >= 4 is 11.7 Å². The summed E-state index contributed by atoms with van der Waals surface area (Å²) in [5, 5.41) is 2.99. The van der Waals surface area contributed by atoms with E-state index in [1.165, 1.54) is 12.5 Å². The number of rotatable bonds is 6. The molecule has 1 amide bonds. The molecule has 4 heteroatoms. The Morgan fingerprint density at radius 2 is 1.83 bits per heavy atom. The number of carbonyl (C=O) groups is 2. The van der Waals surface area contributed by atoms with E-state index >= 15 is 0 Å². The first-order chi connectivity index (χ1) is 11.0. The summed E-state index contributed by atoms with van der Waals surface area (Å²) in [5.41, 5.74) is 3.79. The van der Waals surface area contributed by atoms with Gasteiger partial charge in [0.1, 0.15) is 5.69 Å². The van der Waals surface area contributed by atoms with Gasteiger partial charge in [0.15, 0.2) is 5.78 Å². The van der Waals surface area contributed by atoms with Crippen LogP contribution in [0.1, 0.15) is 63.9 Å². The van der Waals surface area contributed by atoms with Crippen LogP contribution in [0.15, 0.2) is 30.3 Å². The number of H-pyrrole nitrogens is 1. The lowest BCUT2D eigenvalue weighted by Gasteiger charge is -2.16. The number of nitrogens with one attached hydrogen (secondary N) is 2. The normalized spacial score (nSPS) is 12.0. The van der Waals surface area contributed by atoms with Gasteiger partial charge in [0.05, 0.1) is 0 Å². The molecule has 1 atom stereocenters. The highest BCUT2D eigenvalue weighted by molar-refractivity contribution is 6.02. The third kappa shape index (κ3) is 3.70. The maximum Gasteiger partial charge on any atom is 0.268 e. The summed E-state index contributed by atoms with van der Waals surface area (Å²) in [6.45, 7) is 7.84. The Morgan fingerprint density at radius 1 is 1.17 bits per heavy atom. The Labute approximate surface area is 137 Å². The van der Waals surface area contributed by atoms with Crippen molar-refractivity contribution in [2.75, 3.05) is 6.54 Å². The van der Waals surface area contributed by atoms with Gasteiger partial charge in [-0.1, -0.05) is 37.3 Å². The van der Waals surface area contributed by atoms with Crippen LogP contribution < -0.4 is 5.32 Å². The van der Waals surface area contributed by atoms with Gasteiger partial charge in [-0.2, -0.15) is 0 Å². The second-order valence-corrected chi connectivity index (χ2v) is 5.91. The fourth-order valence-electron chi connectivity index (χ4n) is 3.03. The Kier molecular flexibility index (Phi) is 5.37. The number of hydrogen-bond donors (Lipinski definition) is 2. The van der Waals surface area contributed by atoms with Crippen molar-refractivity contribution in [3.63, 3.8) is 0 Å². The Bertz CT molecular complexity index is 702. The lowest BCUT2D eigenvalue weighted by Crippen LogP contribution is -2.29. The maximum absolute atomic E-state index is 12.5. The Morgan fingerprint density at radius 3 is 2.35 bits per heavy atom. The predicted octanol–water partition coefficient (Wildman–Crippen LogP) is 3.76. The van der Waals surface area contributed by atoms with Crippen molar-refractivity contribution < 1.29 is 9.59 Å². The standard InChI is InChI=1S/C19H24N2O2/c1-5-15(16-9-7-6-8-10-16)11-20-19(23)18-12(2)17(14(4)22)13(3)21-18/h6-10,15,21H,5,11H2,1-4H3,(H,20,23)/t15-/m0/s1. The van der Waals surface area contributed by atoms with E-state index in [0.717, 1.165) is 17.7 Å². The zero-order valence-corrected chi connectivity index (χ0v) is 14.2. The molecule has 0 fully saturated rings. The monoisotopic (exact) mass is 312 g/mol. The topological polar surface area (TPSA) is 62.0 Å². The number of carbonyl (C=O) groups excluding carboxylic acids is 2. The molecule has 4 nitrogen and oxygen atoms in total. The van der Waals surface area contributed by atoms with E-state index in [2.05, 4.69) is 29.4 Å². The average Bonchev–Trinajstić information content (AvgIpc) is 2.83. The zero-order chi connectivity index (χ0) is 17.0. The largest absolute Gasteiger partial charge is 0.354 e. The molecule has 0 aliphatic heterocycles. The van der Waals surface area contributed by atoms with E-state index in [9.17, 15) is 9.59 Å². The number of benzene rings is 1. The van der Waals surface area contributed by atoms with Crippen LogP contribution in [0.25, 0.3) is 0 Å². The van der Waals surface area contributed by atoms with Crippen molar-refractivity contribution in [3.05, 3.63) is 58.4 Å². The molecule has 122 valence electrons. The van der Waals surface area contributed by atoms with Gasteiger partial charge in [-0.05, 0) is 38.3 Å². The van der Waals surface area contributed by atoms with E-state index in [1.807, 2.05) is 32.0 Å². The molecule has 0 saturated carbocycles. The quantitative estimate of drug-likeness (QED) is 0.798. The molecular formula is C19H24N2O2. The second kappa shape index (κ2) is 7.27. The van der Waals surface area contributed by atoms with Crippen LogP contribution in [0.3, 0.4) is 0 Å². The second-order valence-electron chi connectivity index (χ2n) is 5.91. The molecule has 0 bridgehead atoms. The zero-order valence-electron chi connectivity index (χ0n) is 14.2. The molecule has 0 aliphatic carbocycles. The van der Waals surface area contributed by atoms with Crippen LogP contribution in [-0.2, 0) is 0 Å². The fourth-order valence-corrected chi connectivity index (χ4v) is 3.03. The van der Waals surface area contributed by atoms with Gasteiger partial charge in [0.2, 0.25) is 0 Å². The van der Waals surface area contributed by atoms with E-state index < -0.39 is 0 Å².